The fourth-order valence-corrected chi connectivity index (χ4v) is 11.0. The summed E-state index contributed by atoms with van der Waals surface area (Å²) >= 11 is 1.91. The maximum atomic E-state index is 3.72. The molecule has 8 aromatic carbocycles. The molecular formula is C52H34N2S. The summed E-state index contributed by atoms with van der Waals surface area (Å²) in [6, 6.07) is 67.6. The fraction of sp³-hybridized carbons (Fsp3) is 0.0385. The summed E-state index contributed by atoms with van der Waals surface area (Å²) in [5.41, 5.74) is 17.5. The van der Waals surface area contributed by atoms with Gasteiger partial charge < -0.3 is 10.2 Å². The Kier molecular flexibility index (Phi) is 6.52. The highest BCUT2D eigenvalue weighted by Gasteiger charge is 2.51. The first-order chi connectivity index (χ1) is 27.3. The highest BCUT2D eigenvalue weighted by Crippen LogP contribution is 2.63. The average Bonchev–Trinajstić information content (AvgIpc) is 3.87. The van der Waals surface area contributed by atoms with E-state index in [-0.39, 0.29) is 0 Å². The lowest BCUT2D eigenvalue weighted by atomic mass is 9.70. The van der Waals surface area contributed by atoms with E-state index < -0.39 is 5.41 Å². The van der Waals surface area contributed by atoms with Gasteiger partial charge in [-0.2, -0.15) is 0 Å². The molecule has 1 spiro atoms. The zero-order valence-electron chi connectivity index (χ0n) is 30.0. The predicted octanol–water partition coefficient (Wildman–Crippen LogP) is 13.3. The van der Waals surface area contributed by atoms with Crippen LogP contribution in [0.15, 0.2) is 188 Å². The van der Waals surface area contributed by atoms with Crippen LogP contribution in [0.5, 0.6) is 0 Å². The summed E-state index contributed by atoms with van der Waals surface area (Å²) in [6.45, 7) is 0.800. The lowest BCUT2D eigenvalue weighted by molar-refractivity contribution is 0.793. The molecular weight excluding hydrogens is 685 g/mol. The standard InChI is InChI=1S/C52H34N2S/c1-2-12-33(13-3-1)34-22-24-37(25-23-34)54(49-32-53-31-44-43-28-35-14-4-5-15-36(35)29-50(43)55-51(44)49)38-26-27-42-41-18-8-11-21-47(41)52(48(42)30-38)45-19-9-6-16-39(45)40-17-7-10-20-46(40)52/h1-30,32,53H,31H2. The van der Waals surface area contributed by atoms with E-state index in [1.54, 1.807) is 0 Å². The summed E-state index contributed by atoms with van der Waals surface area (Å²) in [5, 5.41) is 7.61. The van der Waals surface area contributed by atoms with Crippen molar-refractivity contribution in [1.82, 2.24) is 5.32 Å². The molecule has 1 aliphatic heterocycles. The number of rotatable bonds is 4. The normalized spacial score (nSPS) is 14.1. The third-order valence-electron chi connectivity index (χ3n) is 12.1. The van der Waals surface area contributed by atoms with Crippen LogP contribution in [-0.4, -0.2) is 0 Å². The molecule has 1 N–H and O–H groups in total. The summed E-state index contributed by atoms with van der Waals surface area (Å²) in [4.78, 5) is 3.80. The van der Waals surface area contributed by atoms with Crippen LogP contribution in [0.3, 0.4) is 0 Å². The zero-order chi connectivity index (χ0) is 36.1. The molecule has 0 unspecified atom stereocenters. The third-order valence-corrected chi connectivity index (χ3v) is 13.3. The van der Waals surface area contributed by atoms with Crippen molar-refractivity contribution in [2.75, 3.05) is 4.90 Å². The highest BCUT2D eigenvalue weighted by molar-refractivity contribution is 7.20. The minimum atomic E-state index is -0.417. The van der Waals surface area contributed by atoms with E-state index >= 15 is 0 Å². The minimum absolute atomic E-state index is 0.417. The summed E-state index contributed by atoms with van der Waals surface area (Å²) in [5.74, 6) is 0. The number of thiophene rings is 1. The first-order valence-electron chi connectivity index (χ1n) is 19.0. The summed E-state index contributed by atoms with van der Waals surface area (Å²) in [7, 11) is 0. The Labute approximate surface area is 324 Å². The molecule has 55 heavy (non-hydrogen) atoms. The van der Waals surface area contributed by atoms with Gasteiger partial charge in [-0.1, -0.05) is 146 Å². The fourth-order valence-electron chi connectivity index (χ4n) is 9.78. The molecule has 0 bridgehead atoms. The van der Waals surface area contributed by atoms with Gasteiger partial charge in [0.05, 0.1) is 16.0 Å². The number of fused-ring (bicyclic) bond motifs is 14. The number of nitrogens with zero attached hydrogens (tertiary/aromatic N) is 1. The summed E-state index contributed by atoms with van der Waals surface area (Å²) in [6.07, 6.45) is 2.24. The molecule has 3 heteroatoms. The average molecular weight is 719 g/mol. The van der Waals surface area contributed by atoms with Crippen LogP contribution in [0.1, 0.15) is 32.7 Å². The van der Waals surface area contributed by atoms with Gasteiger partial charge in [0.2, 0.25) is 0 Å². The molecule has 0 amide bonds. The van der Waals surface area contributed by atoms with Gasteiger partial charge in [-0.25, -0.2) is 0 Å². The topological polar surface area (TPSA) is 15.3 Å². The molecule has 0 saturated carbocycles. The van der Waals surface area contributed by atoms with E-state index in [1.807, 2.05) is 11.3 Å². The lowest BCUT2D eigenvalue weighted by Crippen LogP contribution is -2.27. The number of anilines is 2. The van der Waals surface area contributed by atoms with E-state index in [4.69, 9.17) is 0 Å². The molecule has 3 aliphatic rings. The van der Waals surface area contributed by atoms with Crippen LogP contribution in [-0.2, 0) is 12.0 Å². The summed E-state index contributed by atoms with van der Waals surface area (Å²) < 4.78 is 1.32. The van der Waals surface area contributed by atoms with Crippen LogP contribution >= 0.6 is 11.3 Å². The Hall–Kier alpha value is -6.68. The Balaban J connectivity index is 1.10. The maximum Gasteiger partial charge on any atom is 0.0795 e. The quantitative estimate of drug-likeness (QED) is 0.195. The molecule has 0 saturated heterocycles. The number of benzene rings is 8. The van der Waals surface area contributed by atoms with Crippen molar-refractivity contribution < 1.29 is 0 Å². The molecule has 0 fully saturated rings. The van der Waals surface area contributed by atoms with Gasteiger partial charge >= 0.3 is 0 Å². The van der Waals surface area contributed by atoms with Crippen molar-refractivity contribution in [3.63, 3.8) is 0 Å². The Bertz CT molecular complexity index is 2980. The molecule has 1 aromatic heterocycles. The second kappa shape index (κ2) is 11.7. The Morgan fingerprint density at radius 2 is 1.02 bits per heavy atom. The van der Waals surface area contributed by atoms with Gasteiger partial charge in [0.1, 0.15) is 0 Å². The van der Waals surface area contributed by atoms with E-state index in [0.29, 0.717) is 0 Å². The molecule has 0 radical (unpaired) electrons. The van der Waals surface area contributed by atoms with Gasteiger partial charge in [0, 0.05) is 28.8 Å². The maximum absolute atomic E-state index is 3.72. The van der Waals surface area contributed by atoms with E-state index in [1.165, 1.54) is 86.9 Å². The van der Waals surface area contributed by atoms with Crippen molar-refractivity contribution in [3.05, 3.63) is 221 Å². The van der Waals surface area contributed by atoms with Crippen LogP contribution in [0.4, 0.5) is 11.4 Å². The van der Waals surface area contributed by atoms with Gasteiger partial charge in [-0.15, -0.1) is 11.3 Å². The number of nitrogens with one attached hydrogen (secondary N) is 1. The largest absolute Gasteiger partial charge is 0.385 e. The molecule has 258 valence electrons. The number of hydrogen-bond acceptors (Lipinski definition) is 3. The molecule has 2 aliphatic carbocycles. The van der Waals surface area contributed by atoms with Crippen molar-refractivity contribution in [1.29, 1.82) is 0 Å². The minimum Gasteiger partial charge on any atom is -0.385 e. The van der Waals surface area contributed by atoms with Crippen LogP contribution in [0.25, 0.3) is 59.9 Å². The second-order valence-electron chi connectivity index (χ2n) is 14.9. The van der Waals surface area contributed by atoms with Crippen molar-refractivity contribution >= 4 is 49.3 Å². The smallest absolute Gasteiger partial charge is 0.0795 e. The molecule has 2 nitrogen and oxygen atoms in total. The molecule has 9 aromatic rings. The predicted molar refractivity (Wildman–Crippen MR) is 231 cm³/mol. The van der Waals surface area contributed by atoms with Crippen LogP contribution in [0, 0.1) is 0 Å². The number of hydrogen-bond donors (Lipinski definition) is 1. The Morgan fingerprint density at radius 3 is 1.69 bits per heavy atom. The van der Waals surface area contributed by atoms with E-state index in [9.17, 15) is 0 Å². The Morgan fingerprint density at radius 1 is 0.473 bits per heavy atom. The van der Waals surface area contributed by atoms with Crippen molar-refractivity contribution in [3.8, 4) is 33.4 Å². The van der Waals surface area contributed by atoms with Gasteiger partial charge in [0.25, 0.3) is 0 Å². The van der Waals surface area contributed by atoms with Gasteiger partial charge in [-0.3, -0.25) is 0 Å². The monoisotopic (exact) mass is 718 g/mol. The highest BCUT2D eigenvalue weighted by atomic mass is 32.1. The zero-order valence-corrected chi connectivity index (χ0v) is 30.8. The SMILES string of the molecule is C1=C(N(c2ccc(-c3ccccc3)cc2)c2ccc3c(c2)C2(c4ccccc4-c4ccccc42)c2ccccc2-3)c2sc3cc4ccccc4cc3c2CN1. The molecule has 12 rings (SSSR count). The van der Waals surface area contributed by atoms with Crippen LogP contribution in [0.2, 0.25) is 0 Å². The van der Waals surface area contributed by atoms with E-state index in [2.05, 4.69) is 198 Å². The molecule has 0 atom stereocenters. The van der Waals surface area contributed by atoms with E-state index in [0.717, 1.165) is 23.6 Å². The lowest BCUT2D eigenvalue weighted by Gasteiger charge is -2.33. The first kappa shape index (κ1) is 30.7. The molecule has 2 heterocycles. The van der Waals surface area contributed by atoms with Crippen molar-refractivity contribution in [2.24, 2.45) is 0 Å². The second-order valence-corrected chi connectivity index (χ2v) is 15.9. The van der Waals surface area contributed by atoms with Gasteiger partial charge in [-0.05, 0) is 114 Å². The van der Waals surface area contributed by atoms with Gasteiger partial charge in [0.15, 0.2) is 0 Å². The van der Waals surface area contributed by atoms with Crippen molar-refractivity contribution in [2.45, 2.75) is 12.0 Å². The van der Waals surface area contributed by atoms with Crippen LogP contribution < -0.4 is 10.2 Å². The first-order valence-corrected chi connectivity index (χ1v) is 19.9. The third kappa shape index (κ3) is 4.30.